The van der Waals surface area contributed by atoms with Gasteiger partial charge in [0, 0.05) is 18.8 Å². The Morgan fingerprint density at radius 2 is 2.14 bits per heavy atom. The van der Waals surface area contributed by atoms with Crippen LogP contribution >= 0.6 is 12.2 Å². The molecule has 1 fully saturated rings. The monoisotopic (exact) mass is 318 g/mol. The Morgan fingerprint density at radius 1 is 1.32 bits per heavy atom. The molecule has 0 aromatic heterocycles. The molecule has 0 spiro atoms. The maximum Gasteiger partial charge on any atom is 0.182 e. The lowest BCUT2D eigenvalue weighted by Crippen LogP contribution is -2.43. The number of nitrogens with one attached hydrogen (secondary N) is 3. The predicted octanol–water partition coefficient (Wildman–Crippen LogP) is 2.58. The molecule has 4 nitrogen and oxygen atoms in total. The molecule has 0 saturated carbocycles. The Labute approximate surface area is 138 Å². The zero-order valence-corrected chi connectivity index (χ0v) is 14.5. The molecule has 0 radical (unpaired) electrons. The van der Waals surface area contributed by atoms with Crippen LogP contribution in [0.4, 0.5) is 0 Å². The van der Waals surface area contributed by atoms with E-state index in [2.05, 4.69) is 60.2 Å². The largest absolute Gasteiger partial charge is 0.382 e. The number of rotatable bonds is 1. The summed E-state index contributed by atoms with van der Waals surface area (Å²) in [6.45, 7) is 4.41. The summed E-state index contributed by atoms with van der Waals surface area (Å²) >= 11 is 5.24. The Kier molecular flexibility index (Phi) is 4.54. The molecule has 120 valence electrons. The summed E-state index contributed by atoms with van der Waals surface area (Å²) in [5, 5.41) is 9.96. The SMILES string of the molecule is CC1=C/CC2=C(CC[C@@H](C3NC(=S)NN3C)C2)NC(C)/C=C\1. The van der Waals surface area contributed by atoms with E-state index in [0.717, 1.165) is 24.4 Å². The highest BCUT2D eigenvalue weighted by molar-refractivity contribution is 7.80. The van der Waals surface area contributed by atoms with Crippen LogP contribution in [0.3, 0.4) is 0 Å². The molecule has 0 bridgehead atoms. The minimum absolute atomic E-state index is 0.301. The third-order valence-electron chi connectivity index (χ3n) is 4.84. The summed E-state index contributed by atoms with van der Waals surface area (Å²) in [6, 6.07) is 0.393. The summed E-state index contributed by atoms with van der Waals surface area (Å²) in [7, 11) is 2.07. The van der Waals surface area contributed by atoms with Gasteiger partial charge in [-0.2, -0.15) is 0 Å². The molecule has 0 aromatic rings. The molecule has 1 saturated heterocycles. The Balaban J connectivity index is 1.77. The van der Waals surface area contributed by atoms with Crippen LogP contribution in [-0.4, -0.2) is 29.4 Å². The average Bonchev–Trinajstić information content (AvgIpc) is 2.84. The fourth-order valence-corrected chi connectivity index (χ4v) is 3.86. The van der Waals surface area contributed by atoms with Gasteiger partial charge in [0.15, 0.2) is 5.11 Å². The molecule has 1 aliphatic carbocycles. The first-order valence-electron chi connectivity index (χ1n) is 8.15. The van der Waals surface area contributed by atoms with Crippen molar-refractivity contribution in [2.24, 2.45) is 5.92 Å². The van der Waals surface area contributed by atoms with Crippen LogP contribution in [0, 0.1) is 5.92 Å². The fraction of sp³-hybridized carbons (Fsp3) is 0.588. The van der Waals surface area contributed by atoms with Gasteiger partial charge in [-0.15, -0.1) is 0 Å². The summed E-state index contributed by atoms with van der Waals surface area (Å²) in [6.07, 6.45) is 11.6. The Morgan fingerprint density at radius 3 is 2.86 bits per heavy atom. The predicted molar refractivity (Wildman–Crippen MR) is 94.9 cm³/mol. The number of allylic oxidation sites excluding steroid dienone is 5. The number of thiocarbonyl (C=S) groups is 1. The number of hydrogen-bond donors (Lipinski definition) is 3. The molecule has 5 heteroatoms. The van der Waals surface area contributed by atoms with Crippen molar-refractivity contribution >= 4 is 17.3 Å². The Bertz CT molecular complexity index is 549. The molecule has 3 rings (SSSR count). The lowest BCUT2D eigenvalue weighted by atomic mass is 9.83. The van der Waals surface area contributed by atoms with E-state index in [4.69, 9.17) is 12.2 Å². The second-order valence-corrected chi connectivity index (χ2v) is 7.08. The van der Waals surface area contributed by atoms with E-state index in [9.17, 15) is 0 Å². The van der Waals surface area contributed by atoms with Crippen molar-refractivity contribution in [3.63, 3.8) is 0 Å². The lowest BCUT2D eigenvalue weighted by molar-refractivity contribution is 0.155. The van der Waals surface area contributed by atoms with E-state index in [1.807, 2.05) is 0 Å². The lowest BCUT2D eigenvalue weighted by Gasteiger charge is -2.34. The molecule has 0 aromatic carbocycles. The maximum atomic E-state index is 5.24. The first-order chi connectivity index (χ1) is 10.5. The third-order valence-corrected chi connectivity index (χ3v) is 5.05. The van der Waals surface area contributed by atoms with Gasteiger partial charge in [-0.25, -0.2) is 5.01 Å². The first-order valence-corrected chi connectivity index (χ1v) is 8.56. The van der Waals surface area contributed by atoms with Gasteiger partial charge in [0.1, 0.15) is 6.17 Å². The van der Waals surface area contributed by atoms with Gasteiger partial charge in [0.2, 0.25) is 0 Å². The zero-order chi connectivity index (χ0) is 15.7. The Hall–Kier alpha value is -1.33. The molecule has 3 atom stereocenters. The van der Waals surface area contributed by atoms with Crippen LogP contribution in [0.2, 0.25) is 0 Å². The van der Waals surface area contributed by atoms with Crippen LogP contribution in [-0.2, 0) is 0 Å². The van der Waals surface area contributed by atoms with Crippen LogP contribution in [0.25, 0.3) is 0 Å². The standard InChI is InChI=1S/C17H26N4S/c1-11-4-6-12(2)18-15-9-8-14(10-13(15)7-5-11)16-19-17(22)20-21(16)3/h4-6,12,14,16,18H,7-10H2,1-3H3,(H2,19,20,22)/b6-4-,11-5-/t12?,14-,16?/m1/s1. The summed E-state index contributed by atoms with van der Waals surface area (Å²) in [5.74, 6) is 0.594. The highest BCUT2D eigenvalue weighted by Crippen LogP contribution is 2.34. The first kappa shape index (κ1) is 15.6. The quantitative estimate of drug-likeness (QED) is 0.648. The molecule has 3 aliphatic rings. The summed E-state index contributed by atoms with van der Waals surface area (Å²) in [4.78, 5) is 0. The maximum absolute atomic E-state index is 5.24. The van der Waals surface area contributed by atoms with Crippen LogP contribution in [0.1, 0.15) is 39.5 Å². The van der Waals surface area contributed by atoms with E-state index in [1.165, 1.54) is 17.7 Å². The third kappa shape index (κ3) is 3.36. The zero-order valence-electron chi connectivity index (χ0n) is 13.6. The van der Waals surface area contributed by atoms with Crippen LogP contribution in [0.5, 0.6) is 0 Å². The van der Waals surface area contributed by atoms with Gasteiger partial charge in [0.05, 0.1) is 0 Å². The molecular weight excluding hydrogens is 292 g/mol. The minimum Gasteiger partial charge on any atom is -0.382 e. The van der Waals surface area contributed by atoms with Crippen molar-refractivity contribution in [3.05, 3.63) is 35.1 Å². The second kappa shape index (κ2) is 6.42. The van der Waals surface area contributed by atoms with E-state index in [1.54, 1.807) is 5.57 Å². The highest BCUT2D eigenvalue weighted by Gasteiger charge is 2.34. The molecule has 22 heavy (non-hydrogen) atoms. The molecule has 2 aliphatic heterocycles. The number of nitrogens with zero attached hydrogens (tertiary/aromatic N) is 1. The van der Waals surface area contributed by atoms with Gasteiger partial charge in [0.25, 0.3) is 0 Å². The second-order valence-electron chi connectivity index (χ2n) is 6.67. The topological polar surface area (TPSA) is 39.3 Å². The van der Waals surface area contributed by atoms with E-state index < -0.39 is 0 Å². The van der Waals surface area contributed by atoms with Gasteiger partial charge in [-0.05, 0) is 63.2 Å². The minimum atomic E-state index is 0.301. The van der Waals surface area contributed by atoms with Gasteiger partial charge in [-0.3, -0.25) is 5.43 Å². The number of hydrogen-bond acceptors (Lipinski definition) is 3. The van der Waals surface area contributed by atoms with Crippen molar-refractivity contribution in [1.82, 2.24) is 21.1 Å². The fourth-order valence-electron chi connectivity index (χ4n) is 3.60. The van der Waals surface area contributed by atoms with Gasteiger partial charge >= 0.3 is 0 Å². The molecular formula is C17H26N4S. The smallest absolute Gasteiger partial charge is 0.182 e. The van der Waals surface area contributed by atoms with E-state index in [-0.39, 0.29) is 0 Å². The van der Waals surface area contributed by atoms with Crippen LogP contribution < -0.4 is 16.1 Å². The van der Waals surface area contributed by atoms with Crippen molar-refractivity contribution < 1.29 is 0 Å². The summed E-state index contributed by atoms with van der Waals surface area (Å²) in [5.41, 5.74) is 7.54. The molecule has 2 unspecified atom stereocenters. The average molecular weight is 318 g/mol. The molecule has 0 amide bonds. The van der Waals surface area contributed by atoms with Crippen molar-refractivity contribution in [1.29, 1.82) is 0 Å². The van der Waals surface area contributed by atoms with Crippen molar-refractivity contribution in [2.75, 3.05) is 7.05 Å². The molecule has 3 N–H and O–H groups in total. The van der Waals surface area contributed by atoms with E-state index in [0.29, 0.717) is 18.1 Å². The van der Waals surface area contributed by atoms with Crippen molar-refractivity contribution in [2.45, 2.75) is 51.7 Å². The van der Waals surface area contributed by atoms with Gasteiger partial charge < -0.3 is 10.6 Å². The van der Waals surface area contributed by atoms with Crippen LogP contribution in [0.15, 0.2) is 35.1 Å². The normalized spacial score (nSPS) is 36.8. The molecule has 2 heterocycles. The number of hydrazine groups is 1. The highest BCUT2D eigenvalue weighted by atomic mass is 32.1. The van der Waals surface area contributed by atoms with E-state index >= 15 is 0 Å². The van der Waals surface area contributed by atoms with Crippen molar-refractivity contribution in [3.8, 4) is 0 Å². The summed E-state index contributed by atoms with van der Waals surface area (Å²) < 4.78 is 0. The van der Waals surface area contributed by atoms with Gasteiger partial charge in [-0.1, -0.05) is 23.8 Å².